The molecule has 0 fully saturated rings. The van der Waals surface area contributed by atoms with Crippen molar-refractivity contribution in [2.45, 2.75) is 6.92 Å². The fraction of sp³-hybridized carbons (Fsp3) is 0.235. The van der Waals surface area contributed by atoms with Crippen LogP contribution < -0.4 is 10.1 Å². The molecule has 7 heteroatoms. The largest absolute Gasteiger partial charge is 0.492 e. The number of hydrogen-bond acceptors (Lipinski definition) is 5. The molecular weight excluding hydrogens is 330 g/mol. The van der Waals surface area contributed by atoms with Crippen molar-refractivity contribution in [1.29, 1.82) is 0 Å². The van der Waals surface area contributed by atoms with Gasteiger partial charge in [0.15, 0.2) is 9.84 Å². The Balaban J connectivity index is 1.91. The van der Waals surface area contributed by atoms with Gasteiger partial charge in [0.1, 0.15) is 23.9 Å². The SMILES string of the molecule is Cc1ccc(/C=C\C(=O)Nc2cccc(OCCS(C)(=O)=O)c2)o1. The van der Waals surface area contributed by atoms with Gasteiger partial charge >= 0.3 is 0 Å². The molecular formula is C17H19NO5S. The predicted molar refractivity (Wildman–Crippen MR) is 92.8 cm³/mol. The number of hydrogen-bond donors (Lipinski definition) is 1. The second-order valence-corrected chi connectivity index (χ2v) is 7.54. The van der Waals surface area contributed by atoms with Crippen LogP contribution in [0.2, 0.25) is 0 Å². The lowest BCUT2D eigenvalue weighted by molar-refractivity contribution is -0.111. The molecule has 1 amide bonds. The maximum Gasteiger partial charge on any atom is 0.248 e. The van der Waals surface area contributed by atoms with Crippen LogP contribution in [0.1, 0.15) is 11.5 Å². The summed E-state index contributed by atoms with van der Waals surface area (Å²) in [5.74, 6) is 1.49. The lowest BCUT2D eigenvalue weighted by Gasteiger charge is -2.07. The highest BCUT2D eigenvalue weighted by Gasteiger charge is 2.04. The fourth-order valence-electron chi connectivity index (χ4n) is 1.86. The zero-order valence-corrected chi connectivity index (χ0v) is 14.3. The molecule has 0 aliphatic rings. The molecule has 0 unspecified atom stereocenters. The lowest BCUT2D eigenvalue weighted by Crippen LogP contribution is -2.12. The van der Waals surface area contributed by atoms with Gasteiger partial charge < -0.3 is 14.5 Å². The summed E-state index contributed by atoms with van der Waals surface area (Å²) >= 11 is 0. The van der Waals surface area contributed by atoms with Crippen LogP contribution in [0, 0.1) is 6.92 Å². The van der Waals surface area contributed by atoms with Crippen LogP contribution in [0.25, 0.3) is 6.08 Å². The first-order valence-corrected chi connectivity index (χ1v) is 9.34. The Morgan fingerprint density at radius 3 is 2.75 bits per heavy atom. The zero-order chi connectivity index (χ0) is 17.6. The van der Waals surface area contributed by atoms with Gasteiger partial charge in [-0.25, -0.2) is 8.42 Å². The predicted octanol–water partition coefficient (Wildman–Crippen LogP) is 2.66. The van der Waals surface area contributed by atoms with Gasteiger partial charge in [-0.15, -0.1) is 0 Å². The van der Waals surface area contributed by atoms with Crippen molar-refractivity contribution in [3.8, 4) is 5.75 Å². The highest BCUT2D eigenvalue weighted by atomic mass is 32.2. The minimum absolute atomic E-state index is 0.0606. The molecule has 0 radical (unpaired) electrons. The van der Waals surface area contributed by atoms with E-state index in [1.807, 2.05) is 13.0 Å². The molecule has 0 saturated carbocycles. The molecule has 0 bridgehead atoms. The van der Waals surface area contributed by atoms with Crippen LogP contribution in [0.15, 0.2) is 46.9 Å². The maximum atomic E-state index is 11.9. The summed E-state index contributed by atoms with van der Waals surface area (Å²) in [6.07, 6.45) is 4.10. The van der Waals surface area contributed by atoms with E-state index in [1.165, 1.54) is 6.08 Å². The first-order chi connectivity index (χ1) is 11.3. The Morgan fingerprint density at radius 1 is 1.29 bits per heavy atom. The average Bonchev–Trinajstić information content (AvgIpc) is 2.90. The minimum Gasteiger partial charge on any atom is -0.492 e. The van der Waals surface area contributed by atoms with Gasteiger partial charge in [-0.3, -0.25) is 4.79 Å². The third-order valence-electron chi connectivity index (χ3n) is 2.98. The summed E-state index contributed by atoms with van der Waals surface area (Å²) in [5.41, 5.74) is 0.553. The number of rotatable bonds is 7. The lowest BCUT2D eigenvalue weighted by atomic mass is 10.3. The molecule has 24 heavy (non-hydrogen) atoms. The third kappa shape index (κ3) is 6.29. The minimum atomic E-state index is -3.07. The van der Waals surface area contributed by atoms with Crippen LogP contribution in [-0.4, -0.2) is 32.9 Å². The number of aryl methyl sites for hydroxylation is 1. The standard InChI is InChI=1S/C17H19NO5S/c1-13-6-7-15(23-13)8-9-17(19)18-14-4-3-5-16(12-14)22-10-11-24(2,20)21/h3-9,12H,10-11H2,1-2H3,(H,18,19)/b9-8-. The van der Waals surface area contributed by atoms with E-state index in [1.54, 1.807) is 36.4 Å². The number of anilines is 1. The molecule has 1 aromatic heterocycles. The Labute approximate surface area is 141 Å². The van der Waals surface area contributed by atoms with Crippen LogP contribution in [0.4, 0.5) is 5.69 Å². The quantitative estimate of drug-likeness (QED) is 0.777. The monoisotopic (exact) mass is 349 g/mol. The number of amides is 1. The second kappa shape index (κ2) is 7.83. The fourth-order valence-corrected chi connectivity index (χ4v) is 2.25. The van der Waals surface area contributed by atoms with Crippen LogP contribution >= 0.6 is 0 Å². The summed E-state index contributed by atoms with van der Waals surface area (Å²) in [4.78, 5) is 11.9. The Hall–Kier alpha value is -2.54. The third-order valence-corrected chi connectivity index (χ3v) is 3.89. The van der Waals surface area contributed by atoms with Gasteiger partial charge in [-0.05, 0) is 37.3 Å². The van der Waals surface area contributed by atoms with Gasteiger partial charge in [-0.1, -0.05) is 6.07 Å². The highest BCUT2D eigenvalue weighted by Crippen LogP contribution is 2.17. The molecule has 0 atom stereocenters. The topological polar surface area (TPSA) is 85.6 Å². The van der Waals surface area contributed by atoms with E-state index in [0.29, 0.717) is 17.2 Å². The molecule has 1 aromatic carbocycles. The van der Waals surface area contributed by atoms with Crippen molar-refractivity contribution in [1.82, 2.24) is 0 Å². The summed E-state index contributed by atoms with van der Waals surface area (Å²) in [6, 6.07) is 10.3. The number of sulfone groups is 1. The molecule has 2 aromatic rings. The second-order valence-electron chi connectivity index (χ2n) is 5.28. The van der Waals surface area contributed by atoms with Crippen LogP contribution in [0.3, 0.4) is 0 Å². The van der Waals surface area contributed by atoms with Crippen molar-refractivity contribution >= 4 is 27.5 Å². The maximum absolute atomic E-state index is 11.9. The molecule has 0 aliphatic carbocycles. The van der Waals surface area contributed by atoms with E-state index >= 15 is 0 Å². The summed E-state index contributed by atoms with van der Waals surface area (Å²) in [7, 11) is -3.07. The number of ether oxygens (including phenoxy) is 1. The molecule has 0 spiro atoms. The molecule has 128 valence electrons. The number of carbonyl (C=O) groups is 1. The van der Waals surface area contributed by atoms with E-state index in [-0.39, 0.29) is 18.3 Å². The number of benzene rings is 1. The van der Waals surface area contributed by atoms with E-state index in [2.05, 4.69) is 5.32 Å². The van der Waals surface area contributed by atoms with Crippen LogP contribution in [0.5, 0.6) is 5.75 Å². The molecule has 1 heterocycles. The molecule has 1 N–H and O–H groups in total. The number of carbonyl (C=O) groups excluding carboxylic acids is 1. The molecule has 6 nitrogen and oxygen atoms in total. The summed E-state index contributed by atoms with van der Waals surface area (Å²) in [6.45, 7) is 1.89. The first kappa shape index (κ1) is 17.8. The highest BCUT2D eigenvalue weighted by molar-refractivity contribution is 7.90. The van der Waals surface area contributed by atoms with Crippen molar-refractivity contribution in [2.75, 3.05) is 23.9 Å². The Kier molecular flexibility index (Phi) is 5.81. The number of furan rings is 1. The van der Waals surface area contributed by atoms with Crippen molar-refractivity contribution in [3.63, 3.8) is 0 Å². The molecule has 0 saturated heterocycles. The van der Waals surface area contributed by atoms with Gasteiger partial charge in [-0.2, -0.15) is 0 Å². The Morgan fingerprint density at radius 2 is 2.08 bits per heavy atom. The smallest absolute Gasteiger partial charge is 0.248 e. The normalized spacial score (nSPS) is 11.6. The van der Waals surface area contributed by atoms with Crippen LogP contribution in [-0.2, 0) is 14.6 Å². The van der Waals surface area contributed by atoms with Crippen molar-refractivity contribution in [3.05, 3.63) is 54.0 Å². The summed E-state index contributed by atoms with van der Waals surface area (Å²) < 4.78 is 32.9. The van der Waals surface area contributed by atoms with Crippen molar-refractivity contribution in [2.24, 2.45) is 0 Å². The van der Waals surface area contributed by atoms with Gasteiger partial charge in [0.2, 0.25) is 5.91 Å². The van der Waals surface area contributed by atoms with Crippen molar-refractivity contribution < 1.29 is 22.4 Å². The average molecular weight is 349 g/mol. The zero-order valence-electron chi connectivity index (χ0n) is 13.5. The van der Waals surface area contributed by atoms with Gasteiger partial charge in [0, 0.05) is 24.1 Å². The van der Waals surface area contributed by atoms with E-state index in [4.69, 9.17) is 9.15 Å². The Bertz CT molecular complexity index is 836. The summed E-state index contributed by atoms with van der Waals surface area (Å²) in [5, 5.41) is 2.70. The van der Waals surface area contributed by atoms with E-state index in [0.717, 1.165) is 12.0 Å². The number of nitrogens with one attached hydrogen (secondary N) is 1. The molecule has 2 rings (SSSR count). The van der Waals surface area contributed by atoms with E-state index in [9.17, 15) is 13.2 Å². The van der Waals surface area contributed by atoms with Gasteiger partial charge in [0.05, 0.1) is 5.75 Å². The molecule has 0 aliphatic heterocycles. The first-order valence-electron chi connectivity index (χ1n) is 7.28. The van der Waals surface area contributed by atoms with E-state index < -0.39 is 9.84 Å². The van der Waals surface area contributed by atoms with Gasteiger partial charge in [0.25, 0.3) is 0 Å².